The van der Waals surface area contributed by atoms with Gasteiger partial charge in [0.15, 0.2) is 5.82 Å². The Morgan fingerprint density at radius 1 is 1.48 bits per heavy atom. The fraction of sp³-hybridized carbons (Fsp3) is 0.357. The average molecular weight is 311 g/mol. The van der Waals surface area contributed by atoms with Crippen LogP contribution in [0.3, 0.4) is 0 Å². The molecule has 0 unspecified atom stereocenters. The molecule has 2 rings (SSSR count). The first kappa shape index (κ1) is 15.4. The van der Waals surface area contributed by atoms with Crippen LogP contribution < -0.4 is 5.32 Å². The summed E-state index contributed by atoms with van der Waals surface area (Å²) in [6.07, 6.45) is 2.56. The van der Waals surface area contributed by atoms with Gasteiger partial charge in [-0.1, -0.05) is 18.5 Å². The largest absolute Gasteiger partial charge is 0.342 e. The Labute approximate surface area is 127 Å². The summed E-state index contributed by atoms with van der Waals surface area (Å²) in [7, 11) is 0. The fourth-order valence-electron chi connectivity index (χ4n) is 2.04. The van der Waals surface area contributed by atoms with Crippen molar-refractivity contribution in [3.05, 3.63) is 46.8 Å². The highest BCUT2D eigenvalue weighted by atomic mass is 35.5. The fourth-order valence-corrected chi connectivity index (χ4v) is 2.26. The minimum atomic E-state index is -0.547. The van der Waals surface area contributed by atoms with E-state index in [9.17, 15) is 9.18 Å². The molecule has 2 aromatic rings. The van der Waals surface area contributed by atoms with Crippen molar-refractivity contribution in [2.24, 2.45) is 0 Å². The molecular formula is C14H16ClFN4O. The van der Waals surface area contributed by atoms with Crippen LogP contribution in [0, 0.1) is 5.82 Å². The van der Waals surface area contributed by atoms with Crippen molar-refractivity contribution in [2.75, 3.05) is 0 Å². The third kappa shape index (κ3) is 3.78. The number of halogens is 2. The SMILES string of the molecule is CCCn1cnnc1[C@H](C)NC(=O)c1cc(F)cc(Cl)c1. The van der Waals surface area contributed by atoms with E-state index in [1.165, 1.54) is 6.07 Å². The Bertz CT molecular complexity index is 623. The van der Waals surface area contributed by atoms with Crippen LogP contribution in [-0.2, 0) is 6.54 Å². The van der Waals surface area contributed by atoms with Crippen LogP contribution in [0.25, 0.3) is 0 Å². The van der Waals surface area contributed by atoms with Gasteiger partial charge < -0.3 is 9.88 Å². The molecule has 1 atom stereocenters. The molecule has 0 fully saturated rings. The molecule has 0 aliphatic carbocycles. The van der Waals surface area contributed by atoms with E-state index in [2.05, 4.69) is 15.5 Å². The van der Waals surface area contributed by atoms with Crippen molar-refractivity contribution >= 4 is 17.5 Å². The second-order valence-corrected chi connectivity index (χ2v) is 5.17. The highest BCUT2D eigenvalue weighted by molar-refractivity contribution is 6.31. The van der Waals surface area contributed by atoms with E-state index >= 15 is 0 Å². The van der Waals surface area contributed by atoms with E-state index in [1.54, 1.807) is 13.3 Å². The summed E-state index contributed by atoms with van der Waals surface area (Å²) in [6, 6.07) is 3.38. The average Bonchev–Trinajstić information content (AvgIpc) is 2.86. The van der Waals surface area contributed by atoms with Crippen LogP contribution in [0.5, 0.6) is 0 Å². The molecule has 1 amide bonds. The van der Waals surface area contributed by atoms with Gasteiger partial charge in [0.05, 0.1) is 6.04 Å². The summed E-state index contributed by atoms with van der Waals surface area (Å²) >= 11 is 5.75. The third-order valence-electron chi connectivity index (χ3n) is 2.97. The van der Waals surface area contributed by atoms with E-state index in [0.29, 0.717) is 5.82 Å². The molecule has 0 radical (unpaired) electrons. The Balaban J connectivity index is 2.13. The van der Waals surface area contributed by atoms with Crippen LogP contribution >= 0.6 is 11.6 Å². The highest BCUT2D eigenvalue weighted by Crippen LogP contribution is 2.16. The molecule has 7 heteroatoms. The van der Waals surface area contributed by atoms with Crippen molar-refractivity contribution in [3.63, 3.8) is 0 Å². The van der Waals surface area contributed by atoms with Gasteiger partial charge in [-0.3, -0.25) is 4.79 Å². The normalized spacial score (nSPS) is 12.2. The van der Waals surface area contributed by atoms with Crippen molar-refractivity contribution in [3.8, 4) is 0 Å². The number of aryl methyl sites for hydroxylation is 1. The molecule has 0 saturated heterocycles. The highest BCUT2D eigenvalue weighted by Gasteiger charge is 2.17. The topological polar surface area (TPSA) is 59.8 Å². The summed E-state index contributed by atoms with van der Waals surface area (Å²) < 4.78 is 15.2. The van der Waals surface area contributed by atoms with Crippen LogP contribution in [0.1, 0.15) is 42.5 Å². The lowest BCUT2D eigenvalue weighted by molar-refractivity contribution is 0.0937. The minimum absolute atomic E-state index is 0.174. The first-order valence-electron chi connectivity index (χ1n) is 6.66. The van der Waals surface area contributed by atoms with Crippen LogP contribution in [0.2, 0.25) is 5.02 Å². The van der Waals surface area contributed by atoms with Gasteiger partial charge in [-0.05, 0) is 31.5 Å². The van der Waals surface area contributed by atoms with Gasteiger partial charge in [0.1, 0.15) is 12.1 Å². The molecule has 0 aliphatic rings. The Kier molecular flexibility index (Phi) is 4.90. The van der Waals surface area contributed by atoms with Gasteiger partial charge in [0.25, 0.3) is 5.91 Å². The molecular weight excluding hydrogens is 295 g/mol. The third-order valence-corrected chi connectivity index (χ3v) is 3.19. The summed E-state index contributed by atoms with van der Waals surface area (Å²) in [6.45, 7) is 4.62. The van der Waals surface area contributed by atoms with Gasteiger partial charge in [0, 0.05) is 17.1 Å². The number of carbonyl (C=O) groups excluding carboxylic acids is 1. The van der Waals surface area contributed by atoms with Gasteiger partial charge in [-0.2, -0.15) is 0 Å². The zero-order chi connectivity index (χ0) is 15.4. The molecule has 0 spiro atoms. The zero-order valence-electron chi connectivity index (χ0n) is 11.8. The lowest BCUT2D eigenvalue weighted by Gasteiger charge is -2.14. The Morgan fingerprint density at radius 2 is 2.24 bits per heavy atom. The maximum absolute atomic E-state index is 13.3. The molecule has 1 heterocycles. The van der Waals surface area contributed by atoms with E-state index < -0.39 is 11.7 Å². The van der Waals surface area contributed by atoms with Gasteiger partial charge in [0.2, 0.25) is 0 Å². The van der Waals surface area contributed by atoms with Crippen molar-refractivity contribution in [1.29, 1.82) is 0 Å². The number of benzene rings is 1. The van der Waals surface area contributed by atoms with Gasteiger partial charge in [-0.25, -0.2) is 4.39 Å². The standard InChI is InChI=1S/C14H16ClFN4O/c1-3-4-20-8-17-19-13(20)9(2)18-14(21)10-5-11(15)7-12(16)6-10/h5-9H,3-4H2,1-2H3,(H,18,21)/t9-/m0/s1. The molecule has 1 N–H and O–H groups in total. The quantitative estimate of drug-likeness (QED) is 0.923. The number of nitrogens with one attached hydrogen (secondary N) is 1. The zero-order valence-corrected chi connectivity index (χ0v) is 12.6. The number of carbonyl (C=O) groups is 1. The number of hydrogen-bond donors (Lipinski definition) is 1. The monoisotopic (exact) mass is 310 g/mol. The van der Waals surface area contributed by atoms with E-state index in [1.807, 2.05) is 11.5 Å². The number of hydrogen-bond acceptors (Lipinski definition) is 3. The Hall–Kier alpha value is -1.95. The second-order valence-electron chi connectivity index (χ2n) is 4.74. The number of nitrogens with zero attached hydrogens (tertiary/aromatic N) is 3. The first-order valence-corrected chi connectivity index (χ1v) is 7.03. The lowest BCUT2D eigenvalue weighted by Crippen LogP contribution is -2.28. The van der Waals surface area contributed by atoms with E-state index in [4.69, 9.17) is 11.6 Å². The predicted octanol–water partition coefficient (Wildman–Crippen LogP) is 2.97. The predicted molar refractivity (Wildman–Crippen MR) is 77.6 cm³/mol. The molecule has 5 nitrogen and oxygen atoms in total. The summed E-state index contributed by atoms with van der Waals surface area (Å²) in [4.78, 5) is 12.1. The number of amides is 1. The van der Waals surface area contributed by atoms with Gasteiger partial charge >= 0.3 is 0 Å². The van der Waals surface area contributed by atoms with E-state index in [-0.39, 0.29) is 16.6 Å². The summed E-state index contributed by atoms with van der Waals surface area (Å²) in [5, 5.41) is 10.8. The number of rotatable bonds is 5. The van der Waals surface area contributed by atoms with Crippen molar-refractivity contribution in [2.45, 2.75) is 32.9 Å². The van der Waals surface area contributed by atoms with Crippen LogP contribution in [-0.4, -0.2) is 20.7 Å². The van der Waals surface area contributed by atoms with Gasteiger partial charge in [-0.15, -0.1) is 10.2 Å². The van der Waals surface area contributed by atoms with E-state index in [0.717, 1.165) is 25.1 Å². The molecule has 0 saturated carbocycles. The van der Waals surface area contributed by atoms with Crippen LogP contribution in [0.4, 0.5) is 4.39 Å². The van der Waals surface area contributed by atoms with Crippen LogP contribution in [0.15, 0.2) is 24.5 Å². The molecule has 0 aliphatic heterocycles. The maximum atomic E-state index is 13.3. The summed E-state index contributed by atoms with van der Waals surface area (Å²) in [5.74, 6) is -0.294. The molecule has 112 valence electrons. The second kappa shape index (κ2) is 6.67. The van der Waals surface area contributed by atoms with Crippen molar-refractivity contribution < 1.29 is 9.18 Å². The molecule has 21 heavy (non-hydrogen) atoms. The molecule has 0 bridgehead atoms. The lowest BCUT2D eigenvalue weighted by atomic mass is 10.2. The first-order chi connectivity index (χ1) is 10.0. The number of aromatic nitrogens is 3. The minimum Gasteiger partial charge on any atom is -0.342 e. The smallest absolute Gasteiger partial charge is 0.252 e. The molecule has 1 aromatic carbocycles. The summed E-state index contributed by atoms with van der Waals surface area (Å²) in [5.41, 5.74) is 0.174. The maximum Gasteiger partial charge on any atom is 0.252 e. The van der Waals surface area contributed by atoms with Crippen molar-refractivity contribution in [1.82, 2.24) is 20.1 Å². The molecule has 1 aromatic heterocycles. The Morgan fingerprint density at radius 3 is 2.90 bits per heavy atom.